The molecule has 1 aromatic rings. The van der Waals surface area contributed by atoms with Crippen LogP contribution in [0.3, 0.4) is 0 Å². The molecule has 0 heterocycles. The van der Waals surface area contributed by atoms with Crippen molar-refractivity contribution in [1.29, 1.82) is 5.26 Å². The van der Waals surface area contributed by atoms with Crippen LogP contribution in [0.25, 0.3) is 0 Å². The minimum atomic E-state index is 0.492. The van der Waals surface area contributed by atoms with Crippen LogP contribution in [0.1, 0.15) is 43.4 Å². The second kappa shape index (κ2) is 6.02. The molecule has 0 N–H and O–H groups in total. The fraction of sp³-hybridized carbons (Fsp3) is 0.562. The standard InChI is InChI=1S/C16H22N2/c1-13(2)18(10-4-9-17)12-14-7-8-15-5-3-6-16(15)11-14/h7-8,11,13H,3-6,10,12H2,1-2H3. The zero-order valence-electron chi connectivity index (χ0n) is 11.4. The number of nitriles is 1. The van der Waals surface area contributed by atoms with Gasteiger partial charge >= 0.3 is 0 Å². The third-order valence-corrected chi connectivity index (χ3v) is 3.79. The summed E-state index contributed by atoms with van der Waals surface area (Å²) in [6.07, 6.45) is 4.41. The molecule has 18 heavy (non-hydrogen) atoms. The highest BCUT2D eigenvalue weighted by atomic mass is 15.1. The van der Waals surface area contributed by atoms with Crippen molar-refractivity contribution in [3.63, 3.8) is 0 Å². The Bertz CT molecular complexity index is 443. The molecule has 0 aliphatic heterocycles. The SMILES string of the molecule is CC(C)N(CCC#N)Cc1ccc2c(c1)CCC2. The van der Waals surface area contributed by atoms with Gasteiger partial charge in [-0.25, -0.2) is 0 Å². The Balaban J connectivity index is 2.04. The third kappa shape index (κ3) is 3.11. The summed E-state index contributed by atoms with van der Waals surface area (Å²) in [4.78, 5) is 2.37. The van der Waals surface area contributed by atoms with Gasteiger partial charge in [0.05, 0.1) is 6.07 Å². The van der Waals surface area contributed by atoms with Crippen molar-refractivity contribution in [2.24, 2.45) is 0 Å². The van der Waals surface area contributed by atoms with E-state index in [0.717, 1.165) is 13.1 Å². The highest BCUT2D eigenvalue weighted by Gasteiger charge is 2.13. The molecule has 2 rings (SSSR count). The lowest BCUT2D eigenvalue weighted by molar-refractivity contribution is 0.218. The van der Waals surface area contributed by atoms with Crippen LogP contribution in [0.4, 0.5) is 0 Å². The fourth-order valence-corrected chi connectivity index (χ4v) is 2.67. The summed E-state index contributed by atoms with van der Waals surface area (Å²) in [7, 11) is 0. The molecular formula is C16H22N2. The predicted molar refractivity (Wildman–Crippen MR) is 74.2 cm³/mol. The van der Waals surface area contributed by atoms with E-state index in [4.69, 9.17) is 5.26 Å². The number of hydrogen-bond acceptors (Lipinski definition) is 2. The molecule has 2 heteroatoms. The topological polar surface area (TPSA) is 27.0 Å². The lowest BCUT2D eigenvalue weighted by atomic mass is 10.1. The second-order valence-electron chi connectivity index (χ2n) is 5.43. The summed E-state index contributed by atoms with van der Waals surface area (Å²) in [5, 5.41) is 8.71. The van der Waals surface area contributed by atoms with Gasteiger partial charge in [0.1, 0.15) is 0 Å². The van der Waals surface area contributed by atoms with Crippen LogP contribution in [-0.4, -0.2) is 17.5 Å². The number of fused-ring (bicyclic) bond motifs is 1. The van der Waals surface area contributed by atoms with E-state index < -0.39 is 0 Å². The van der Waals surface area contributed by atoms with E-state index in [9.17, 15) is 0 Å². The van der Waals surface area contributed by atoms with Crippen molar-refractivity contribution in [3.8, 4) is 6.07 Å². The van der Waals surface area contributed by atoms with Crippen molar-refractivity contribution < 1.29 is 0 Å². The summed E-state index contributed by atoms with van der Waals surface area (Å²) < 4.78 is 0. The minimum Gasteiger partial charge on any atom is -0.296 e. The van der Waals surface area contributed by atoms with Crippen molar-refractivity contribution in [1.82, 2.24) is 4.90 Å². The van der Waals surface area contributed by atoms with Gasteiger partial charge in [-0.15, -0.1) is 0 Å². The van der Waals surface area contributed by atoms with Gasteiger partial charge in [0.2, 0.25) is 0 Å². The fourth-order valence-electron chi connectivity index (χ4n) is 2.67. The Hall–Kier alpha value is -1.33. The van der Waals surface area contributed by atoms with Crippen LogP contribution in [0.15, 0.2) is 18.2 Å². The lowest BCUT2D eigenvalue weighted by Crippen LogP contribution is -2.31. The monoisotopic (exact) mass is 242 g/mol. The van der Waals surface area contributed by atoms with Gasteiger partial charge in [0, 0.05) is 25.6 Å². The average molecular weight is 242 g/mol. The molecule has 0 atom stereocenters. The van der Waals surface area contributed by atoms with Crippen LogP contribution < -0.4 is 0 Å². The third-order valence-electron chi connectivity index (χ3n) is 3.79. The van der Waals surface area contributed by atoms with Crippen molar-refractivity contribution >= 4 is 0 Å². The van der Waals surface area contributed by atoms with Crippen LogP contribution >= 0.6 is 0 Å². The Morgan fingerprint density at radius 3 is 2.78 bits per heavy atom. The molecule has 0 unspecified atom stereocenters. The van der Waals surface area contributed by atoms with Crippen LogP contribution in [-0.2, 0) is 19.4 Å². The maximum atomic E-state index is 8.71. The van der Waals surface area contributed by atoms with E-state index in [1.165, 1.54) is 36.0 Å². The van der Waals surface area contributed by atoms with Gasteiger partial charge in [0.15, 0.2) is 0 Å². The van der Waals surface area contributed by atoms with Gasteiger partial charge in [-0.3, -0.25) is 4.90 Å². The largest absolute Gasteiger partial charge is 0.296 e. The molecule has 0 aromatic heterocycles. The predicted octanol–water partition coefficient (Wildman–Crippen LogP) is 3.30. The van der Waals surface area contributed by atoms with Crippen LogP contribution in [0, 0.1) is 11.3 Å². The smallest absolute Gasteiger partial charge is 0.0635 e. The first-order valence-corrected chi connectivity index (χ1v) is 6.92. The molecule has 1 aliphatic rings. The molecule has 0 saturated heterocycles. The summed E-state index contributed by atoms with van der Waals surface area (Å²) in [6, 6.07) is 9.64. The van der Waals surface area contributed by atoms with E-state index in [1.54, 1.807) is 0 Å². The van der Waals surface area contributed by atoms with E-state index in [1.807, 2.05) is 0 Å². The summed E-state index contributed by atoms with van der Waals surface area (Å²) >= 11 is 0. The van der Waals surface area contributed by atoms with Crippen LogP contribution in [0.2, 0.25) is 0 Å². The zero-order chi connectivity index (χ0) is 13.0. The van der Waals surface area contributed by atoms with Crippen molar-refractivity contribution in [2.75, 3.05) is 6.54 Å². The number of nitrogens with zero attached hydrogens (tertiary/aromatic N) is 2. The Labute approximate surface area is 110 Å². The Morgan fingerprint density at radius 1 is 1.28 bits per heavy atom. The highest BCUT2D eigenvalue weighted by molar-refractivity contribution is 5.35. The number of hydrogen-bond donors (Lipinski definition) is 0. The van der Waals surface area contributed by atoms with Crippen molar-refractivity contribution in [3.05, 3.63) is 34.9 Å². The van der Waals surface area contributed by atoms with Gasteiger partial charge in [-0.2, -0.15) is 5.26 Å². The average Bonchev–Trinajstić information content (AvgIpc) is 2.81. The second-order valence-corrected chi connectivity index (χ2v) is 5.43. The number of aryl methyl sites for hydroxylation is 2. The first-order chi connectivity index (χ1) is 8.70. The summed E-state index contributed by atoms with van der Waals surface area (Å²) in [5.41, 5.74) is 4.46. The minimum absolute atomic E-state index is 0.492. The molecule has 1 aliphatic carbocycles. The maximum absolute atomic E-state index is 8.71. The molecule has 0 spiro atoms. The molecular weight excluding hydrogens is 220 g/mol. The van der Waals surface area contributed by atoms with E-state index in [2.05, 4.69) is 43.0 Å². The molecule has 2 nitrogen and oxygen atoms in total. The zero-order valence-corrected chi connectivity index (χ0v) is 11.4. The first kappa shape index (κ1) is 13.1. The Morgan fingerprint density at radius 2 is 2.06 bits per heavy atom. The highest BCUT2D eigenvalue weighted by Crippen LogP contribution is 2.23. The molecule has 1 aromatic carbocycles. The van der Waals surface area contributed by atoms with Gasteiger partial charge in [-0.05, 0) is 49.8 Å². The molecule has 0 saturated carbocycles. The van der Waals surface area contributed by atoms with Gasteiger partial charge < -0.3 is 0 Å². The van der Waals surface area contributed by atoms with Crippen molar-refractivity contribution in [2.45, 2.75) is 52.1 Å². The quantitative estimate of drug-likeness (QED) is 0.792. The first-order valence-electron chi connectivity index (χ1n) is 6.92. The molecule has 0 bridgehead atoms. The maximum Gasteiger partial charge on any atom is 0.0635 e. The molecule has 0 radical (unpaired) electrons. The molecule has 0 fully saturated rings. The van der Waals surface area contributed by atoms with Gasteiger partial charge in [-0.1, -0.05) is 18.2 Å². The molecule has 96 valence electrons. The van der Waals surface area contributed by atoms with E-state index in [-0.39, 0.29) is 0 Å². The normalized spacial score (nSPS) is 13.9. The molecule has 0 amide bonds. The van der Waals surface area contributed by atoms with E-state index >= 15 is 0 Å². The lowest BCUT2D eigenvalue weighted by Gasteiger charge is -2.25. The summed E-state index contributed by atoms with van der Waals surface area (Å²) in [5.74, 6) is 0. The number of benzene rings is 1. The summed E-state index contributed by atoms with van der Waals surface area (Å²) in [6.45, 7) is 6.23. The Kier molecular flexibility index (Phi) is 4.38. The number of rotatable bonds is 5. The van der Waals surface area contributed by atoms with E-state index in [0.29, 0.717) is 12.5 Å². The van der Waals surface area contributed by atoms with Gasteiger partial charge in [0.25, 0.3) is 0 Å². The van der Waals surface area contributed by atoms with Crippen LogP contribution in [0.5, 0.6) is 0 Å².